The third kappa shape index (κ3) is 10.3. The van der Waals surface area contributed by atoms with Crippen LogP contribution in [0.4, 0.5) is 20.6 Å². The number of hydrogen-bond acceptors (Lipinski definition) is 4. The molecule has 0 heterocycles. The molecule has 2 aromatic rings. The summed E-state index contributed by atoms with van der Waals surface area (Å²) in [5, 5.41) is 9.33. The van der Waals surface area contributed by atoms with E-state index in [1.807, 2.05) is 12.1 Å². The van der Waals surface area contributed by atoms with Crippen LogP contribution in [-0.2, 0) is 12.4 Å². The van der Waals surface area contributed by atoms with Gasteiger partial charge in [-0.3, -0.25) is 0 Å². The summed E-state index contributed by atoms with van der Waals surface area (Å²) in [4.78, 5) is 11.3. The first-order valence-corrected chi connectivity index (χ1v) is 11.0. The lowest BCUT2D eigenvalue weighted by atomic mass is 10.1. The van der Waals surface area contributed by atoms with Gasteiger partial charge in [-0.25, -0.2) is 9.18 Å². The van der Waals surface area contributed by atoms with Crippen molar-refractivity contribution < 1.29 is 13.9 Å². The number of amides is 2. The molecular formula is C22H27FN4O2S2. The number of rotatable bonds is 12. The maximum atomic E-state index is 12.9. The Labute approximate surface area is 193 Å². The molecule has 31 heavy (non-hydrogen) atoms. The van der Waals surface area contributed by atoms with Crippen molar-refractivity contribution in [3.8, 4) is 5.75 Å². The smallest absolute Gasteiger partial charge is 0.356 e. The van der Waals surface area contributed by atoms with Crippen molar-refractivity contribution in [3.05, 3.63) is 54.3 Å². The Morgan fingerprint density at radius 1 is 0.935 bits per heavy atom. The number of halogens is 1. The van der Waals surface area contributed by atoms with E-state index in [0.717, 1.165) is 50.8 Å². The largest absolute Gasteiger partial charge is 0.491 e. The molecule has 0 aromatic heterocycles. The van der Waals surface area contributed by atoms with Gasteiger partial charge in [0.1, 0.15) is 11.6 Å². The van der Waals surface area contributed by atoms with E-state index in [1.54, 1.807) is 24.3 Å². The molecule has 0 saturated carbocycles. The van der Waals surface area contributed by atoms with Crippen molar-refractivity contribution in [2.24, 2.45) is 4.36 Å². The number of urea groups is 1. The second-order valence-corrected chi connectivity index (χ2v) is 7.47. The molecule has 0 spiro atoms. The van der Waals surface area contributed by atoms with E-state index in [1.165, 1.54) is 12.1 Å². The van der Waals surface area contributed by atoms with Crippen molar-refractivity contribution in [1.29, 1.82) is 0 Å². The minimum absolute atomic E-state index is 0.270. The van der Waals surface area contributed by atoms with Crippen LogP contribution >= 0.6 is 12.2 Å². The van der Waals surface area contributed by atoms with Gasteiger partial charge in [-0.1, -0.05) is 37.8 Å². The molecule has 2 amide bonds. The van der Waals surface area contributed by atoms with E-state index >= 15 is 0 Å². The molecule has 0 aliphatic carbocycles. The zero-order valence-electron chi connectivity index (χ0n) is 17.2. The van der Waals surface area contributed by atoms with Crippen molar-refractivity contribution in [3.63, 3.8) is 0 Å². The molecule has 0 aliphatic rings. The normalized spacial score (nSPS) is 10.2. The van der Waals surface area contributed by atoms with Crippen molar-refractivity contribution in [1.82, 2.24) is 5.32 Å². The van der Waals surface area contributed by atoms with Crippen LogP contribution in [-0.4, -0.2) is 24.3 Å². The molecule has 0 aliphatic heterocycles. The van der Waals surface area contributed by atoms with Crippen LogP contribution in [0.25, 0.3) is 0 Å². The molecule has 2 aromatic carbocycles. The standard InChI is InChI=1S/C22H27FN4O2S2/c23-17-11-13-18(14-12-17)25-22(30)24-15-7-3-1-2-4-8-16-29-20-10-6-5-9-19(20)26-21(28)27-31/h5-6,9-14H,1-4,7-8,15-16H2,(H,26,28)(H2,24,25,30). The minimum Gasteiger partial charge on any atom is -0.491 e. The van der Waals surface area contributed by atoms with Crippen LogP contribution in [0, 0.1) is 5.82 Å². The van der Waals surface area contributed by atoms with Crippen LogP contribution in [0.1, 0.15) is 38.5 Å². The molecule has 0 unspecified atom stereocenters. The maximum absolute atomic E-state index is 12.9. The molecule has 0 fully saturated rings. The topological polar surface area (TPSA) is 74.8 Å². The Bertz CT molecular complexity index is 850. The van der Waals surface area contributed by atoms with Crippen molar-refractivity contribution in [2.45, 2.75) is 38.5 Å². The second-order valence-electron chi connectivity index (χ2n) is 6.88. The summed E-state index contributed by atoms with van der Waals surface area (Å²) >= 11 is 9.61. The molecule has 0 bridgehead atoms. The number of ether oxygens (including phenoxy) is 1. The number of carbonyl (C=O) groups excluding carboxylic acids is 1. The van der Waals surface area contributed by atoms with Crippen LogP contribution < -0.4 is 20.7 Å². The van der Waals surface area contributed by atoms with Gasteiger partial charge in [-0.15, -0.1) is 4.36 Å². The number of para-hydroxylation sites is 2. The summed E-state index contributed by atoms with van der Waals surface area (Å²) in [6, 6.07) is 12.7. The first kappa shape index (κ1) is 24.6. The predicted octanol–water partition coefficient (Wildman–Crippen LogP) is 5.79. The molecule has 166 valence electrons. The molecule has 0 radical (unpaired) electrons. The van der Waals surface area contributed by atoms with Crippen LogP contribution in [0.2, 0.25) is 0 Å². The fourth-order valence-electron chi connectivity index (χ4n) is 2.86. The number of nitrogens with zero attached hydrogens (tertiary/aromatic N) is 1. The number of benzene rings is 2. The molecule has 0 atom stereocenters. The molecule has 9 heteroatoms. The summed E-state index contributed by atoms with van der Waals surface area (Å²) in [6.07, 6.45) is 6.45. The monoisotopic (exact) mass is 462 g/mol. The van der Waals surface area contributed by atoms with Crippen LogP contribution in [0.15, 0.2) is 52.9 Å². The molecule has 6 nitrogen and oxygen atoms in total. The van der Waals surface area contributed by atoms with E-state index in [9.17, 15) is 9.18 Å². The van der Waals surface area contributed by atoms with E-state index in [-0.39, 0.29) is 5.82 Å². The van der Waals surface area contributed by atoms with E-state index in [2.05, 4.69) is 32.7 Å². The van der Waals surface area contributed by atoms with Gasteiger partial charge in [-0.2, -0.15) is 0 Å². The maximum Gasteiger partial charge on any atom is 0.356 e. The van der Waals surface area contributed by atoms with Gasteiger partial charge >= 0.3 is 6.03 Å². The minimum atomic E-state index is -0.576. The Morgan fingerprint density at radius 2 is 1.61 bits per heavy atom. The Kier molecular flexibility index (Phi) is 11.4. The lowest BCUT2D eigenvalue weighted by Crippen LogP contribution is -2.29. The highest BCUT2D eigenvalue weighted by Crippen LogP contribution is 2.24. The third-order valence-corrected chi connectivity index (χ3v) is 4.84. The fraction of sp³-hybridized carbons (Fsp3) is 0.364. The number of hydrogen-bond donors (Lipinski definition) is 3. The average molecular weight is 463 g/mol. The average Bonchev–Trinajstić information content (AvgIpc) is 2.77. The number of carbonyl (C=O) groups is 1. The predicted molar refractivity (Wildman–Crippen MR) is 129 cm³/mol. The van der Waals surface area contributed by atoms with Crippen molar-refractivity contribution in [2.75, 3.05) is 23.8 Å². The summed E-state index contributed by atoms with van der Waals surface area (Å²) in [7, 11) is 0. The Balaban J connectivity index is 1.48. The summed E-state index contributed by atoms with van der Waals surface area (Å²) in [5.74, 6) is 0.347. The highest BCUT2D eigenvalue weighted by atomic mass is 32.1. The summed E-state index contributed by atoms with van der Waals surface area (Å²) in [5.41, 5.74) is 1.34. The Hall–Kier alpha value is -2.65. The van der Waals surface area contributed by atoms with Gasteiger partial charge in [0, 0.05) is 24.7 Å². The quantitative estimate of drug-likeness (QED) is 0.274. The number of anilines is 2. The van der Waals surface area contributed by atoms with Gasteiger partial charge in [-0.05, 0) is 61.5 Å². The number of nitrogens with one attached hydrogen (secondary N) is 3. The zero-order valence-corrected chi connectivity index (χ0v) is 18.9. The second kappa shape index (κ2) is 14.4. The Morgan fingerprint density at radius 3 is 2.35 bits per heavy atom. The summed E-state index contributed by atoms with van der Waals surface area (Å²) < 4.78 is 21.8. The van der Waals surface area contributed by atoms with Crippen LogP contribution in [0.5, 0.6) is 5.75 Å². The number of unbranched alkanes of at least 4 members (excludes halogenated alkanes) is 5. The lowest BCUT2D eigenvalue weighted by molar-refractivity contribution is 0.259. The van der Waals surface area contributed by atoms with E-state index < -0.39 is 6.03 Å². The number of thiocarbonyl (C=S) groups is 1. The van der Waals surface area contributed by atoms with Gasteiger partial charge in [0.25, 0.3) is 0 Å². The van der Waals surface area contributed by atoms with Gasteiger partial charge < -0.3 is 20.7 Å². The van der Waals surface area contributed by atoms with E-state index in [0.29, 0.717) is 23.2 Å². The highest BCUT2D eigenvalue weighted by molar-refractivity contribution is 7.80. The first-order chi connectivity index (χ1) is 15.1. The van der Waals surface area contributed by atoms with Crippen LogP contribution in [0.3, 0.4) is 0 Å². The van der Waals surface area contributed by atoms with E-state index in [4.69, 9.17) is 17.0 Å². The fourth-order valence-corrected chi connectivity index (χ4v) is 3.13. The van der Waals surface area contributed by atoms with Crippen molar-refractivity contribution >= 4 is 47.2 Å². The van der Waals surface area contributed by atoms with Gasteiger partial charge in [0.05, 0.1) is 12.3 Å². The zero-order chi connectivity index (χ0) is 22.3. The SMILES string of the molecule is O=C(N=S)Nc1ccccc1OCCCCCCCCNC(=S)Nc1ccc(F)cc1. The van der Waals surface area contributed by atoms with Gasteiger partial charge in [0.15, 0.2) is 5.11 Å². The first-order valence-electron chi connectivity index (χ1n) is 10.2. The molecule has 2 rings (SSSR count). The molecule has 0 saturated heterocycles. The third-order valence-electron chi connectivity index (χ3n) is 4.43. The van der Waals surface area contributed by atoms with Gasteiger partial charge in [0.2, 0.25) is 0 Å². The highest BCUT2D eigenvalue weighted by Gasteiger charge is 2.06. The molecular weight excluding hydrogens is 435 g/mol. The lowest BCUT2D eigenvalue weighted by Gasteiger charge is -2.11. The summed E-state index contributed by atoms with van der Waals surface area (Å²) in [6.45, 7) is 1.39. The molecule has 3 N–H and O–H groups in total.